The van der Waals surface area contributed by atoms with Gasteiger partial charge in [-0.25, -0.2) is 19.0 Å². The van der Waals surface area contributed by atoms with E-state index in [1.807, 2.05) is 30.0 Å². The van der Waals surface area contributed by atoms with Gasteiger partial charge in [0, 0.05) is 39.0 Å². The zero-order valence-electron chi connectivity index (χ0n) is 21.5. The van der Waals surface area contributed by atoms with Crippen molar-refractivity contribution in [3.63, 3.8) is 0 Å². The lowest BCUT2D eigenvalue weighted by atomic mass is 10.1. The van der Waals surface area contributed by atoms with Crippen molar-refractivity contribution in [2.75, 3.05) is 31.1 Å². The molecule has 192 valence electrons. The van der Waals surface area contributed by atoms with Crippen LogP contribution >= 0.6 is 0 Å². The fourth-order valence-electron chi connectivity index (χ4n) is 4.96. The van der Waals surface area contributed by atoms with Gasteiger partial charge in [0.2, 0.25) is 5.91 Å². The second-order valence-electron chi connectivity index (χ2n) is 9.59. The summed E-state index contributed by atoms with van der Waals surface area (Å²) >= 11 is 0. The van der Waals surface area contributed by atoms with Gasteiger partial charge in [-0.15, -0.1) is 0 Å². The van der Waals surface area contributed by atoms with Gasteiger partial charge < -0.3 is 9.80 Å². The van der Waals surface area contributed by atoms with E-state index in [0.29, 0.717) is 19.5 Å². The standard InChI is InChI=1S/C29H33FN6O/c1-3-8-25-31-28(27-21(2)33-36(29(27)32-25)24-14-12-23(30)13-15-24)35-18-7-17-34(19-20-35)26(37)16-11-22-9-5-4-6-10-22/h4-6,9-10,12-15H,3,7-8,11,16-20H2,1-2H3. The summed E-state index contributed by atoms with van der Waals surface area (Å²) in [5, 5.41) is 5.68. The minimum atomic E-state index is -0.286. The lowest BCUT2D eigenvalue weighted by Crippen LogP contribution is -2.35. The van der Waals surface area contributed by atoms with Crippen LogP contribution < -0.4 is 4.90 Å². The van der Waals surface area contributed by atoms with E-state index >= 15 is 0 Å². The fourth-order valence-corrected chi connectivity index (χ4v) is 4.96. The van der Waals surface area contributed by atoms with Gasteiger partial charge in [0.1, 0.15) is 17.5 Å². The molecule has 37 heavy (non-hydrogen) atoms. The fraction of sp³-hybridized carbons (Fsp3) is 0.379. The molecule has 1 saturated heterocycles. The molecule has 8 heteroatoms. The number of halogens is 1. The van der Waals surface area contributed by atoms with Crippen LogP contribution in [0.1, 0.15) is 43.3 Å². The number of aromatic nitrogens is 4. The van der Waals surface area contributed by atoms with Crippen LogP contribution in [0.4, 0.5) is 10.2 Å². The van der Waals surface area contributed by atoms with E-state index in [9.17, 15) is 9.18 Å². The zero-order valence-corrected chi connectivity index (χ0v) is 21.5. The largest absolute Gasteiger partial charge is 0.354 e. The van der Waals surface area contributed by atoms with Crippen LogP contribution in [0.2, 0.25) is 0 Å². The van der Waals surface area contributed by atoms with Crippen LogP contribution in [0.5, 0.6) is 0 Å². The first-order chi connectivity index (χ1) is 18.0. The minimum Gasteiger partial charge on any atom is -0.354 e. The van der Waals surface area contributed by atoms with E-state index in [0.717, 1.165) is 72.8 Å². The number of hydrogen-bond acceptors (Lipinski definition) is 5. The van der Waals surface area contributed by atoms with E-state index in [4.69, 9.17) is 15.1 Å². The molecule has 1 fully saturated rings. The molecule has 2 aromatic heterocycles. The summed E-state index contributed by atoms with van der Waals surface area (Å²) in [4.78, 5) is 27.1. The maximum absolute atomic E-state index is 13.6. The number of hydrogen-bond donors (Lipinski definition) is 0. The van der Waals surface area contributed by atoms with Gasteiger partial charge >= 0.3 is 0 Å². The number of aryl methyl sites for hydroxylation is 3. The van der Waals surface area contributed by atoms with Crippen LogP contribution in [-0.2, 0) is 17.6 Å². The molecule has 1 aliphatic heterocycles. The van der Waals surface area contributed by atoms with Crippen molar-refractivity contribution < 1.29 is 9.18 Å². The molecule has 7 nitrogen and oxygen atoms in total. The SMILES string of the molecule is CCCc1nc(N2CCCN(C(=O)CCc3ccccc3)CC2)c2c(C)nn(-c3ccc(F)cc3)c2n1. The number of fused-ring (bicyclic) bond motifs is 1. The van der Waals surface area contributed by atoms with Gasteiger partial charge in [-0.1, -0.05) is 37.3 Å². The third kappa shape index (κ3) is 5.48. The molecular formula is C29H33FN6O. The third-order valence-electron chi connectivity index (χ3n) is 6.89. The van der Waals surface area contributed by atoms with Gasteiger partial charge in [-0.2, -0.15) is 5.10 Å². The van der Waals surface area contributed by atoms with Crippen LogP contribution in [0.25, 0.3) is 16.7 Å². The zero-order chi connectivity index (χ0) is 25.8. The van der Waals surface area contributed by atoms with Gasteiger partial charge in [0.15, 0.2) is 5.65 Å². The van der Waals surface area contributed by atoms with Crippen molar-refractivity contribution in [1.29, 1.82) is 0 Å². The quantitative estimate of drug-likeness (QED) is 0.362. The first-order valence-electron chi connectivity index (χ1n) is 13.1. The number of amides is 1. The number of rotatable bonds is 7. The molecule has 1 amide bonds. The molecule has 0 bridgehead atoms. The molecule has 1 aliphatic rings. The maximum Gasteiger partial charge on any atom is 0.222 e. The van der Waals surface area contributed by atoms with Crippen LogP contribution in [0.3, 0.4) is 0 Å². The maximum atomic E-state index is 13.6. The molecule has 0 atom stereocenters. The highest BCUT2D eigenvalue weighted by atomic mass is 19.1. The van der Waals surface area contributed by atoms with Gasteiger partial charge in [0.05, 0.1) is 16.8 Å². The number of nitrogens with zero attached hydrogens (tertiary/aromatic N) is 6. The Labute approximate surface area is 216 Å². The molecule has 0 N–H and O–H groups in total. The summed E-state index contributed by atoms with van der Waals surface area (Å²) in [6, 6.07) is 16.5. The molecule has 0 radical (unpaired) electrons. The summed E-state index contributed by atoms with van der Waals surface area (Å²) in [5.41, 5.74) is 3.51. The van der Waals surface area contributed by atoms with Crippen molar-refractivity contribution in [2.24, 2.45) is 0 Å². The summed E-state index contributed by atoms with van der Waals surface area (Å²) in [6.45, 7) is 6.99. The monoisotopic (exact) mass is 500 g/mol. The molecule has 0 unspecified atom stereocenters. The first kappa shape index (κ1) is 24.9. The summed E-state index contributed by atoms with van der Waals surface area (Å²) in [7, 11) is 0. The lowest BCUT2D eigenvalue weighted by Gasteiger charge is -2.24. The Balaban J connectivity index is 1.40. The van der Waals surface area contributed by atoms with Crippen LogP contribution in [0.15, 0.2) is 54.6 Å². The van der Waals surface area contributed by atoms with E-state index in [-0.39, 0.29) is 11.7 Å². The molecule has 0 aliphatic carbocycles. The first-order valence-corrected chi connectivity index (χ1v) is 13.1. The van der Waals surface area contributed by atoms with Crippen molar-refractivity contribution in [2.45, 2.75) is 46.0 Å². The van der Waals surface area contributed by atoms with Gasteiger partial charge in [-0.05, 0) is 56.0 Å². The highest BCUT2D eigenvalue weighted by Gasteiger charge is 2.25. The highest BCUT2D eigenvalue weighted by Crippen LogP contribution is 2.30. The van der Waals surface area contributed by atoms with E-state index in [1.54, 1.807) is 16.8 Å². The van der Waals surface area contributed by atoms with Crippen molar-refractivity contribution in [3.05, 3.63) is 77.5 Å². The number of carbonyl (C=O) groups is 1. The Kier molecular flexibility index (Phi) is 7.44. The topological polar surface area (TPSA) is 67.2 Å². The van der Waals surface area contributed by atoms with Gasteiger partial charge in [-0.3, -0.25) is 4.79 Å². The lowest BCUT2D eigenvalue weighted by molar-refractivity contribution is -0.130. The summed E-state index contributed by atoms with van der Waals surface area (Å²) in [5.74, 6) is 1.56. The van der Waals surface area contributed by atoms with E-state index in [2.05, 4.69) is 24.0 Å². The Bertz CT molecular complexity index is 1370. The average molecular weight is 501 g/mol. The molecule has 4 aromatic rings. The minimum absolute atomic E-state index is 0.200. The Hall–Kier alpha value is -3.81. The Morgan fingerprint density at radius 3 is 2.49 bits per heavy atom. The van der Waals surface area contributed by atoms with Gasteiger partial charge in [0.25, 0.3) is 0 Å². The van der Waals surface area contributed by atoms with Crippen molar-refractivity contribution >= 4 is 22.8 Å². The van der Waals surface area contributed by atoms with E-state index < -0.39 is 0 Å². The molecular weight excluding hydrogens is 467 g/mol. The Morgan fingerprint density at radius 2 is 1.73 bits per heavy atom. The van der Waals surface area contributed by atoms with Crippen LogP contribution in [-0.4, -0.2) is 56.7 Å². The van der Waals surface area contributed by atoms with Crippen LogP contribution in [0, 0.1) is 12.7 Å². The predicted octanol–water partition coefficient (Wildman–Crippen LogP) is 4.89. The molecule has 3 heterocycles. The number of carbonyl (C=O) groups excluding carboxylic acids is 1. The predicted molar refractivity (Wildman–Crippen MR) is 144 cm³/mol. The average Bonchev–Trinajstić information content (AvgIpc) is 3.08. The second kappa shape index (κ2) is 11.1. The molecule has 0 spiro atoms. The molecule has 0 saturated carbocycles. The van der Waals surface area contributed by atoms with Crippen molar-refractivity contribution in [3.8, 4) is 5.69 Å². The third-order valence-corrected chi connectivity index (χ3v) is 6.89. The smallest absolute Gasteiger partial charge is 0.222 e. The number of benzene rings is 2. The second-order valence-corrected chi connectivity index (χ2v) is 9.59. The summed E-state index contributed by atoms with van der Waals surface area (Å²) < 4.78 is 15.3. The molecule has 5 rings (SSSR count). The summed E-state index contributed by atoms with van der Waals surface area (Å²) in [6.07, 6.45) is 3.84. The van der Waals surface area contributed by atoms with Crippen molar-refractivity contribution in [1.82, 2.24) is 24.6 Å². The normalized spacial score (nSPS) is 14.2. The van der Waals surface area contributed by atoms with E-state index in [1.165, 1.54) is 17.7 Å². The molecule has 2 aromatic carbocycles. The highest BCUT2D eigenvalue weighted by molar-refractivity contribution is 5.91. The Morgan fingerprint density at radius 1 is 0.946 bits per heavy atom. The number of anilines is 1.